The molecule has 2 rings (SSSR count). The Kier molecular flexibility index (Phi) is 4.49. The highest BCUT2D eigenvalue weighted by atomic mass is 16.2. The summed E-state index contributed by atoms with van der Waals surface area (Å²) < 4.78 is 0. The monoisotopic (exact) mass is 272 g/mol. The maximum absolute atomic E-state index is 11.8. The molecule has 0 aliphatic rings. The molecule has 6 nitrogen and oxygen atoms in total. The van der Waals surface area contributed by atoms with Crippen LogP contribution in [-0.2, 0) is 0 Å². The Labute approximate surface area is 116 Å². The number of nitrogens with zero attached hydrogens (tertiary/aromatic N) is 1. The van der Waals surface area contributed by atoms with Crippen molar-refractivity contribution in [2.75, 3.05) is 13.1 Å². The first-order valence-corrected chi connectivity index (χ1v) is 6.28. The van der Waals surface area contributed by atoms with Gasteiger partial charge in [0.25, 0.3) is 11.8 Å². The summed E-state index contributed by atoms with van der Waals surface area (Å²) in [4.78, 5) is 23.4. The van der Waals surface area contributed by atoms with Crippen LogP contribution >= 0.6 is 0 Å². The third-order valence-corrected chi connectivity index (χ3v) is 2.77. The van der Waals surface area contributed by atoms with Gasteiger partial charge in [-0.3, -0.25) is 14.7 Å². The van der Waals surface area contributed by atoms with Crippen molar-refractivity contribution in [2.24, 2.45) is 0 Å². The summed E-state index contributed by atoms with van der Waals surface area (Å²) in [5, 5.41) is 11.7. The minimum atomic E-state index is -0.219. The number of nitrogens with one attached hydrogen (secondary N) is 3. The summed E-state index contributed by atoms with van der Waals surface area (Å²) in [6.45, 7) is 2.70. The quantitative estimate of drug-likeness (QED) is 0.706. The van der Waals surface area contributed by atoms with E-state index in [1.54, 1.807) is 12.1 Å². The van der Waals surface area contributed by atoms with Gasteiger partial charge in [0, 0.05) is 24.8 Å². The maximum atomic E-state index is 11.8. The van der Waals surface area contributed by atoms with E-state index < -0.39 is 0 Å². The van der Waals surface area contributed by atoms with Crippen LogP contribution in [0.15, 0.2) is 36.7 Å². The molecule has 0 radical (unpaired) electrons. The summed E-state index contributed by atoms with van der Waals surface area (Å²) in [5.41, 5.74) is 2.18. The van der Waals surface area contributed by atoms with Crippen LogP contribution in [0.2, 0.25) is 0 Å². The first kappa shape index (κ1) is 13.8. The average Bonchev–Trinajstić information content (AvgIpc) is 2.98. The zero-order valence-corrected chi connectivity index (χ0v) is 11.1. The summed E-state index contributed by atoms with van der Waals surface area (Å²) in [7, 11) is 0. The summed E-state index contributed by atoms with van der Waals surface area (Å²) in [6, 6.07) is 7.31. The normalized spacial score (nSPS) is 10.1. The summed E-state index contributed by atoms with van der Waals surface area (Å²) >= 11 is 0. The number of aromatic nitrogens is 2. The number of carbonyl (C=O) groups is 2. The predicted molar refractivity (Wildman–Crippen MR) is 74.4 cm³/mol. The van der Waals surface area contributed by atoms with E-state index in [1.807, 2.05) is 19.1 Å². The van der Waals surface area contributed by atoms with E-state index in [0.717, 1.165) is 5.56 Å². The van der Waals surface area contributed by atoms with E-state index in [2.05, 4.69) is 20.8 Å². The van der Waals surface area contributed by atoms with Gasteiger partial charge in [0.05, 0.1) is 11.8 Å². The number of aryl methyl sites for hydroxylation is 1. The first-order valence-electron chi connectivity index (χ1n) is 6.28. The van der Waals surface area contributed by atoms with Gasteiger partial charge < -0.3 is 10.6 Å². The summed E-state index contributed by atoms with van der Waals surface area (Å²) in [5.74, 6) is -0.370. The molecule has 2 aromatic rings. The van der Waals surface area contributed by atoms with Gasteiger partial charge in [0.2, 0.25) is 0 Å². The maximum Gasteiger partial charge on any atom is 0.254 e. The van der Waals surface area contributed by atoms with Crippen LogP contribution < -0.4 is 10.6 Å². The van der Waals surface area contributed by atoms with Crippen LogP contribution in [0.3, 0.4) is 0 Å². The van der Waals surface area contributed by atoms with Crippen LogP contribution in [0.5, 0.6) is 0 Å². The number of aromatic amines is 1. The number of hydrogen-bond acceptors (Lipinski definition) is 3. The Morgan fingerprint density at radius 3 is 2.20 bits per heavy atom. The molecule has 104 valence electrons. The van der Waals surface area contributed by atoms with E-state index in [4.69, 9.17) is 0 Å². The van der Waals surface area contributed by atoms with Crippen molar-refractivity contribution < 1.29 is 9.59 Å². The Morgan fingerprint density at radius 2 is 1.65 bits per heavy atom. The summed E-state index contributed by atoms with van der Waals surface area (Å²) in [6.07, 6.45) is 2.96. The number of rotatable bonds is 5. The molecule has 0 aliphatic heterocycles. The van der Waals surface area contributed by atoms with Crippen molar-refractivity contribution in [2.45, 2.75) is 6.92 Å². The minimum Gasteiger partial charge on any atom is -0.350 e. The molecule has 0 fully saturated rings. The highest BCUT2D eigenvalue weighted by molar-refractivity contribution is 5.94. The molecule has 0 aliphatic carbocycles. The highest BCUT2D eigenvalue weighted by Crippen LogP contribution is 2.02. The second-order valence-corrected chi connectivity index (χ2v) is 4.36. The lowest BCUT2D eigenvalue weighted by Crippen LogP contribution is -2.34. The van der Waals surface area contributed by atoms with Gasteiger partial charge in [0.15, 0.2) is 0 Å². The first-order chi connectivity index (χ1) is 9.66. The third-order valence-electron chi connectivity index (χ3n) is 2.77. The van der Waals surface area contributed by atoms with Crippen LogP contribution in [0.1, 0.15) is 26.3 Å². The van der Waals surface area contributed by atoms with E-state index in [-0.39, 0.29) is 11.8 Å². The number of benzene rings is 1. The number of hydrogen-bond donors (Lipinski definition) is 3. The van der Waals surface area contributed by atoms with Crippen molar-refractivity contribution in [1.29, 1.82) is 0 Å². The highest BCUT2D eigenvalue weighted by Gasteiger charge is 2.06. The van der Waals surface area contributed by atoms with Gasteiger partial charge in [-0.25, -0.2) is 0 Å². The second kappa shape index (κ2) is 6.51. The van der Waals surface area contributed by atoms with Crippen LogP contribution in [0.25, 0.3) is 0 Å². The average molecular weight is 272 g/mol. The van der Waals surface area contributed by atoms with Gasteiger partial charge in [-0.1, -0.05) is 17.7 Å². The second-order valence-electron chi connectivity index (χ2n) is 4.36. The number of H-pyrrole nitrogens is 1. The van der Waals surface area contributed by atoms with Gasteiger partial charge in [-0.05, 0) is 19.1 Å². The smallest absolute Gasteiger partial charge is 0.254 e. The Morgan fingerprint density at radius 1 is 1.05 bits per heavy atom. The minimum absolute atomic E-state index is 0.150. The molecule has 0 saturated heterocycles. The van der Waals surface area contributed by atoms with Crippen LogP contribution in [0.4, 0.5) is 0 Å². The van der Waals surface area contributed by atoms with Crippen molar-refractivity contribution in [1.82, 2.24) is 20.8 Å². The Bertz CT molecular complexity index is 576. The van der Waals surface area contributed by atoms with Gasteiger partial charge in [-0.2, -0.15) is 5.10 Å². The fourth-order valence-corrected chi connectivity index (χ4v) is 1.64. The zero-order chi connectivity index (χ0) is 14.4. The lowest BCUT2D eigenvalue weighted by molar-refractivity contribution is 0.0927. The van der Waals surface area contributed by atoms with Crippen molar-refractivity contribution in [3.05, 3.63) is 53.3 Å². The molecule has 0 atom stereocenters. The Hall–Kier alpha value is -2.63. The lowest BCUT2D eigenvalue weighted by atomic mass is 10.1. The van der Waals surface area contributed by atoms with Crippen LogP contribution in [-0.4, -0.2) is 35.1 Å². The van der Waals surface area contributed by atoms with E-state index in [1.165, 1.54) is 12.4 Å². The Balaban J connectivity index is 1.72. The molecule has 0 unspecified atom stereocenters. The largest absolute Gasteiger partial charge is 0.350 e. The SMILES string of the molecule is Cc1ccc(C(=O)NCCNC(=O)c2cn[nH]c2)cc1. The van der Waals surface area contributed by atoms with Crippen molar-refractivity contribution in [3.8, 4) is 0 Å². The lowest BCUT2D eigenvalue weighted by Gasteiger charge is -2.06. The predicted octanol–water partition coefficient (Wildman–Crippen LogP) is 0.878. The molecule has 0 saturated carbocycles. The fourth-order valence-electron chi connectivity index (χ4n) is 1.64. The molecule has 0 bridgehead atoms. The molecule has 1 heterocycles. The standard InChI is InChI=1S/C14H16N4O2/c1-10-2-4-11(5-3-10)13(19)15-6-7-16-14(20)12-8-17-18-9-12/h2-5,8-9H,6-7H2,1H3,(H,15,19)(H,16,20)(H,17,18). The number of carbonyl (C=O) groups excluding carboxylic acids is 2. The van der Waals surface area contributed by atoms with Gasteiger partial charge in [-0.15, -0.1) is 0 Å². The van der Waals surface area contributed by atoms with Gasteiger partial charge in [0.1, 0.15) is 0 Å². The molecule has 2 amide bonds. The van der Waals surface area contributed by atoms with Crippen molar-refractivity contribution >= 4 is 11.8 Å². The number of amides is 2. The molecular formula is C14H16N4O2. The molecular weight excluding hydrogens is 256 g/mol. The molecule has 1 aromatic carbocycles. The van der Waals surface area contributed by atoms with E-state index >= 15 is 0 Å². The van der Waals surface area contributed by atoms with Crippen LogP contribution in [0, 0.1) is 6.92 Å². The molecule has 20 heavy (non-hydrogen) atoms. The van der Waals surface area contributed by atoms with E-state index in [0.29, 0.717) is 24.2 Å². The zero-order valence-electron chi connectivity index (χ0n) is 11.1. The molecule has 6 heteroatoms. The van der Waals surface area contributed by atoms with E-state index in [9.17, 15) is 9.59 Å². The molecule has 0 spiro atoms. The third kappa shape index (κ3) is 3.68. The fraction of sp³-hybridized carbons (Fsp3) is 0.214. The topological polar surface area (TPSA) is 86.9 Å². The van der Waals surface area contributed by atoms with Crippen molar-refractivity contribution in [3.63, 3.8) is 0 Å². The van der Waals surface area contributed by atoms with Gasteiger partial charge >= 0.3 is 0 Å². The molecule has 3 N–H and O–H groups in total. The molecule has 1 aromatic heterocycles.